The summed E-state index contributed by atoms with van der Waals surface area (Å²) in [5, 5.41) is 11.4. The quantitative estimate of drug-likeness (QED) is 0.173. The Hall–Kier alpha value is -4.97. The molecule has 0 spiro atoms. The minimum Gasteiger partial charge on any atom is -0.353 e. The minimum absolute atomic E-state index is 0.0372. The van der Waals surface area contributed by atoms with Crippen LogP contribution in [0.3, 0.4) is 0 Å². The number of sulfone groups is 1. The molecule has 1 aliphatic rings. The van der Waals surface area contributed by atoms with Crippen molar-refractivity contribution in [1.29, 1.82) is 0 Å². The monoisotopic (exact) mass is 637 g/mol. The average molecular weight is 638 g/mol. The summed E-state index contributed by atoms with van der Waals surface area (Å²) in [6.45, 7) is 0. The standard InChI is InChI=1S/C34H32FN7O3S/c1-46(44,45)12-10-20-13-22(15-24(35)14-20)31-26-17-30(39-28(26)9-11-37-31)33-32-29(41-42-33)8-7-27(40-32)23-16-25(19-36-18-23)38-34(43)21-5-3-2-4-6-21/h7-9,11,13-19,21,39H,2-6,10,12H2,1H3,(H,38,43)(H,41,42). The molecule has 7 rings (SSSR count). The second kappa shape index (κ2) is 12.1. The molecule has 1 fully saturated rings. The molecule has 1 saturated carbocycles. The summed E-state index contributed by atoms with van der Waals surface area (Å²) in [5.41, 5.74) is 7.22. The summed E-state index contributed by atoms with van der Waals surface area (Å²) >= 11 is 0. The highest BCUT2D eigenvalue weighted by molar-refractivity contribution is 7.90. The van der Waals surface area contributed by atoms with Crippen LogP contribution in [0, 0.1) is 11.7 Å². The molecule has 0 radical (unpaired) electrons. The van der Waals surface area contributed by atoms with Crippen molar-refractivity contribution in [3.05, 3.63) is 78.5 Å². The van der Waals surface area contributed by atoms with Crippen molar-refractivity contribution in [2.75, 3.05) is 17.3 Å². The van der Waals surface area contributed by atoms with Crippen molar-refractivity contribution in [1.82, 2.24) is 30.1 Å². The van der Waals surface area contributed by atoms with Gasteiger partial charge in [0.1, 0.15) is 26.9 Å². The number of rotatable bonds is 8. The number of H-pyrrole nitrogens is 2. The number of nitrogens with one attached hydrogen (secondary N) is 3. The SMILES string of the molecule is CS(=O)(=O)CCc1cc(F)cc(-c2nccc3[nH]c(-c4n[nH]c5ccc(-c6cncc(NC(=O)C7CCCCC7)c6)nc45)cc23)c1. The fraction of sp³-hybridized carbons (Fsp3) is 0.265. The number of hydrogen-bond acceptors (Lipinski definition) is 7. The number of benzene rings is 1. The molecule has 46 heavy (non-hydrogen) atoms. The second-order valence-corrected chi connectivity index (χ2v) is 14.2. The molecule has 12 heteroatoms. The highest BCUT2D eigenvalue weighted by atomic mass is 32.2. The molecule has 0 bridgehead atoms. The summed E-state index contributed by atoms with van der Waals surface area (Å²) in [4.78, 5) is 30.1. The lowest BCUT2D eigenvalue weighted by molar-refractivity contribution is -0.120. The first-order valence-electron chi connectivity index (χ1n) is 15.3. The third-order valence-corrected chi connectivity index (χ3v) is 9.43. The normalized spacial score (nSPS) is 14.2. The Morgan fingerprint density at radius 3 is 2.65 bits per heavy atom. The highest BCUT2D eigenvalue weighted by Crippen LogP contribution is 2.34. The van der Waals surface area contributed by atoms with E-state index in [1.165, 1.54) is 24.8 Å². The largest absolute Gasteiger partial charge is 0.353 e. The number of aromatic nitrogens is 6. The van der Waals surface area contributed by atoms with Gasteiger partial charge in [-0.15, -0.1) is 0 Å². The molecule has 5 aromatic heterocycles. The van der Waals surface area contributed by atoms with Crippen LogP contribution in [0.25, 0.3) is 55.8 Å². The second-order valence-electron chi connectivity index (χ2n) is 12.0. The number of anilines is 1. The minimum atomic E-state index is -3.20. The van der Waals surface area contributed by atoms with Gasteiger partial charge < -0.3 is 10.3 Å². The first kappa shape index (κ1) is 29.7. The van der Waals surface area contributed by atoms with Crippen LogP contribution >= 0.6 is 0 Å². The molecule has 6 aromatic rings. The van der Waals surface area contributed by atoms with Gasteiger partial charge in [0.25, 0.3) is 0 Å². The number of fused-ring (bicyclic) bond motifs is 2. The van der Waals surface area contributed by atoms with Gasteiger partial charge >= 0.3 is 0 Å². The van der Waals surface area contributed by atoms with E-state index in [1.54, 1.807) is 24.7 Å². The van der Waals surface area contributed by atoms with Crippen LogP contribution < -0.4 is 5.32 Å². The molecule has 0 atom stereocenters. The molecule has 0 aliphatic heterocycles. The summed E-state index contributed by atoms with van der Waals surface area (Å²) in [5.74, 6) is -0.457. The van der Waals surface area contributed by atoms with Gasteiger partial charge in [-0.05, 0) is 73.4 Å². The number of carbonyl (C=O) groups excluding carboxylic acids is 1. The lowest BCUT2D eigenvalue weighted by Gasteiger charge is -2.20. The Morgan fingerprint density at radius 2 is 1.83 bits per heavy atom. The Labute approximate surface area is 264 Å². The van der Waals surface area contributed by atoms with Crippen molar-refractivity contribution in [2.24, 2.45) is 5.92 Å². The fourth-order valence-electron chi connectivity index (χ4n) is 6.15. The first-order chi connectivity index (χ1) is 22.2. The first-order valence-corrected chi connectivity index (χ1v) is 17.3. The van der Waals surface area contributed by atoms with E-state index < -0.39 is 15.7 Å². The van der Waals surface area contributed by atoms with Gasteiger partial charge in [0.05, 0.1) is 40.2 Å². The van der Waals surface area contributed by atoms with Crippen LogP contribution in [0.5, 0.6) is 0 Å². The van der Waals surface area contributed by atoms with Gasteiger partial charge in [-0.2, -0.15) is 5.10 Å². The molecule has 10 nitrogen and oxygen atoms in total. The maximum atomic E-state index is 14.7. The number of aromatic amines is 2. The predicted molar refractivity (Wildman–Crippen MR) is 176 cm³/mol. The Bertz CT molecular complexity index is 2200. The third-order valence-electron chi connectivity index (χ3n) is 8.48. The topological polar surface area (TPSA) is 146 Å². The van der Waals surface area contributed by atoms with Crippen LogP contribution in [-0.4, -0.2) is 56.5 Å². The van der Waals surface area contributed by atoms with Gasteiger partial charge in [0.15, 0.2) is 0 Å². The summed E-state index contributed by atoms with van der Waals surface area (Å²) in [6.07, 6.45) is 11.6. The number of nitrogens with zero attached hydrogens (tertiary/aromatic N) is 4. The van der Waals surface area contributed by atoms with E-state index in [1.807, 2.05) is 30.3 Å². The van der Waals surface area contributed by atoms with Gasteiger partial charge in [0, 0.05) is 46.6 Å². The molecular formula is C34H32FN7O3S. The van der Waals surface area contributed by atoms with Crippen molar-refractivity contribution < 1.29 is 17.6 Å². The summed E-state index contributed by atoms with van der Waals surface area (Å²) in [6, 6.07) is 13.9. The van der Waals surface area contributed by atoms with E-state index in [4.69, 9.17) is 4.98 Å². The Morgan fingerprint density at radius 1 is 0.978 bits per heavy atom. The molecule has 0 saturated heterocycles. The fourth-order valence-corrected chi connectivity index (χ4v) is 6.76. The number of carbonyl (C=O) groups is 1. The van der Waals surface area contributed by atoms with E-state index in [0.29, 0.717) is 45.1 Å². The Kier molecular flexibility index (Phi) is 7.81. The molecule has 3 N–H and O–H groups in total. The van der Waals surface area contributed by atoms with Crippen molar-refractivity contribution in [3.63, 3.8) is 0 Å². The molecule has 5 heterocycles. The summed E-state index contributed by atoms with van der Waals surface area (Å²) in [7, 11) is -3.20. The smallest absolute Gasteiger partial charge is 0.227 e. The van der Waals surface area contributed by atoms with Crippen LogP contribution in [0.15, 0.2) is 67.1 Å². The lowest BCUT2D eigenvalue weighted by Crippen LogP contribution is -2.24. The molecule has 0 unspecified atom stereocenters. The number of aryl methyl sites for hydroxylation is 1. The van der Waals surface area contributed by atoms with Crippen LogP contribution in [0.1, 0.15) is 37.7 Å². The number of pyridine rings is 3. The average Bonchev–Trinajstić information content (AvgIpc) is 3.68. The third kappa shape index (κ3) is 6.25. The molecule has 1 amide bonds. The Balaban J connectivity index is 1.21. The zero-order chi connectivity index (χ0) is 31.8. The molecule has 1 aliphatic carbocycles. The van der Waals surface area contributed by atoms with Gasteiger partial charge in [-0.1, -0.05) is 19.3 Å². The predicted octanol–water partition coefficient (Wildman–Crippen LogP) is 6.48. The molecule has 234 valence electrons. The van der Waals surface area contributed by atoms with Gasteiger partial charge in [-0.25, -0.2) is 17.8 Å². The van der Waals surface area contributed by atoms with E-state index in [2.05, 4.69) is 30.5 Å². The van der Waals surface area contributed by atoms with Crippen molar-refractivity contribution >= 4 is 43.4 Å². The number of hydrogen-bond donors (Lipinski definition) is 3. The highest BCUT2D eigenvalue weighted by Gasteiger charge is 2.22. The van der Waals surface area contributed by atoms with Gasteiger partial charge in [-0.3, -0.25) is 19.9 Å². The van der Waals surface area contributed by atoms with E-state index in [0.717, 1.165) is 47.7 Å². The van der Waals surface area contributed by atoms with Crippen LogP contribution in [0.4, 0.5) is 10.1 Å². The number of halogens is 1. The molecule has 1 aromatic carbocycles. The van der Waals surface area contributed by atoms with E-state index in [9.17, 15) is 17.6 Å². The lowest BCUT2D eigenvalue weighted by atomic mass is 9.88. The maximum Gasteiger partial charge on any atom is 0.227 e. The van der Waals surface area contributed by atoms with E-state index in [-0.39, 0.29) is 24.0 Å². The number of amides is 1. The zero-order valence-electron chi connectivity index (χ0n) is 25.2. The van der Waals surface area contributed by atoms with Crippen molar-refractivity contribution in [3.8, 4) is 33.9 Å². The zero-order valence-corrected chi connectivity index (χ0v) is 26.0. The molecular weight excluding hydrogens is 605 g/mol. The maximum absolute atomic E-state index is 14.7. The summed E-state index contributed by atoms with van der Waals surface area (Å²) < 4.78 is 38.0. The van der Waals surface area contributed by atoms with Crippen molar-refractivity contribution in [2.45, 2.75) is 38.5 Å². The van der Waals surface area contributed by atoms with Crippen LogP contribution in [-0.2, 0) is 21.1 Å². The van der Waals surface area contributed by atoms with E-state index >= 15 is 0 Å². The van der Waals surface area contributed by atoms with Gasteiger partial charge in [0.2, 0.25) is 5.91 Å². The van der Waals surface area contributed by atoms with Crippen LogP contribution in [0.2, 0.25) is 0 Å².